The van der Waals surface area contributed by atoms with E-state index in [4.69, 9.17) is 20.8 Å². The van der Waals surface area contributed by atoms with Crippen molar-refractivity contribution in [1.29, 1.82) is 0 Å². The van der Waals surface area contributed by atoms with Gasteiger partial charge in [0.2, 0.25) is 5.89 Å². The van der Waals surface area contributed by atoms with Crippen LogP contribution in [0.5, 0.6) is 5.75 Å². The number of hydrogen-bond donors (Lipinski definition) is 1. The van der Waals surface area contributed by atoms with Crippen LogP contribution in [0.4, 0.5) is 5.69 Å². The molecule has 0 unspecified atom stereocenters. The van der Waals surface area contributed by atoms with Gasteiger partial charge in [-0.2, -0.15) is 0 Å². The summed E-state index contributed by atoms with van der Waals surface area (Å²) in [5, 5.41) is 3.42. The first-order chi connectivity index (χ1) is 14.4. The highest BCUT2D eigenvalue weighted by Gasteiger charge is 2.14. The third kappa shape index (κ3) is 4.38. The maximum Gasteiger partial charge on any atom is 0.255 e. The van der Waals surface area contributed by atoms with E-state index in [0.717, 1.165) is 8.95 Å². The van der Waals surface area contributed by atoms with Crippen LogP contribution < -0.4 is 10.1 Å². The van der Waals surface area contributed by atoms with Crippen molar-refractivity contribution in [2.24, 2.45) is 0 Å². The van der Waals surface area contributed by atoms with E-state index in [1.807, 2.05) is 19.1 Å². The molecule has 4 rings (SSSR count). The van der Waals surface area contributed by atoms with E-state index in [9.17, 15) is 4.79 Å². The van der Waals surface area contributed by atoms with Gasteiger partial charge in [-0.1, -0.05) is 27.5 Å². The summed E-state index contributed by atoms with van der Waals surface area (Å²) in [5.41, 5.74) is 3.02. The van der Waals surface area contributed by atoms with Crippen molar-refractivity contribution >= 4 is 66.2 Å². The first kappa shape index (κ1) is 20.9. The number of halogens is 3. The fourth-order valence-electron chi connectivity index (χ4n) is 2.90. The molecule has 1 heterocycles. The van der Waals surface area contributed by atoms with Crippen molar-refractivity contribution < 1.29 is 13.9 Å². The first-order valence-electron chi connectivity index (χ1n) is 9.04. The molecule has 1 N–H and O–H groups in total. The third-order valence-corrected chi connectivity index (χ3v) is 5.74. The minimum Gasteiger partial charge on any atom is -0.493 e. The van der Waals surface area contributed by atoms with E-state index in [1.165, 1.54) is 0 Å². The number of rotatable bonds is 5. The Morgan fingerprint density at radius 3 is 2.73 bits per heavy atom. The number of carbonyl (C=O) groups excluding carboxylic acids is 1. The Morgan fingerprint density at radius 1 is 1.13 bits per heavy atom. The van der Waals surface area contributed by atoms with E-state index < -0.39 is 0 Å². The fraction of sp³-hybridized carbons (Fsp3) is 0.0909. The summed E-state index contributed by atoms with van der Waals surface area (Å²) < 4.78 is 12.9. The number of aromatic nitrogens is 1. The summed E-state index contributed by atoms with van der Waals surface area (Å²) >= 11 is 13.1. The number of carbonyl (C=O) groups is 1. The Kier molecular flexibility index (Phi) is 6.13. The highest BCUT2D eigenvalue weighted by molar-refractivity contribution is 9.10. The number of nitrogens with one attached hydrogen (secondary N) is 1. The highest BCUT2D eigenvalue weighted by atomic mass is 79.9. The molecule has 0 spiro atoms. The zero-order valence-electron chi connectivity index (χ0n) is 15.7. The summed E-state index contributed by atoms with van der Waals surface area (Å²) in [7, 11) is 0. The van der Waals surface area contributed by atoms with Gasteiger partial charge in [-0.05, 0) is 77.5 Å². The van der Waals surface area contributed by atoms with Gasteiger partial charge in [0.15, 0.2) is 5.58 Å². The van der Waals surface area contributed by atoms with E-state index in [1.54, 1.807) is 42.5 Å². The van der Waals surface area contributed by atoms with Gasteiger partial charge in [-0.25, -0.2) is 4.98 Å². The number of hydrogen-bond acceptors (Lipinski definition) is 4. The molecule has 0 fully saturated rings. The maximum absolute atomic E-state index is 12.6. The van der Waals surface area contributed by atoms with Crippen LogP contribution in [0.25, 0.3) is 22.6 Å². The average Bonchev–Trinajstić information content (AvgIpc) is 3.14. The monoisotopic (exact) mass is 548 g/mol. The zero-order chi connectivity index (χ0) is 21.3. The Morgan fingerprint density at radius 2 is 1.97 bits per heavy atom. The summed E-state index contributed by atoms with van der Waals surface area (Å²) in [5.74, 6) is 0.865. The Bertz CT molecular complexity index is 1260. The van der Waals surface area contributed by atoms with E-state index >= 15 is 0 Å². The van der Waals surface area contributed by atoms with Gasteiger partial charge in [0.05, 0.1) is 21.7 Å². The number of amides is 1. The molecule has 1 amide bonds. The lowest BCUT2D eigenvalue weighted by Gasteiger charge is -2.09. The van der Waals surface area contributed by atoms with Gasteiger partial charge in [0.25, 0.3) is 5.91 Å². The molecule has 0 atom stereocenters. The molecular formula is C22H15Br2ClN2O3. The van der Waals surface area contributed by atoms with Gasteiger partial charge < -0.3 is 14.5 Å². The van der Waals surface area contributed by atoms with Crippen LogP contribution in [0, 0.1) is 0 Å². The summed E-state index contributed by atoms with van der Waals surface area (Å²) in [6.07, 6.45) is 0. The van der Waals surface area contributed by atoms with Crippen LogP contribution in [-0.4, -0.2) is 17.5 Å². The second-order valence-corrected chi connectivity index (χ2v) is 8.54. The number of anilines is 1. The van der Waals surface area contributed by atoms with Crippen molar-refractivity contribution in [3.05, 3.63) is 74.1 Å². The Hall–Kier alpha value is -2.35. The molecule has 0 saturated heterocycles. The highest BCUT2D eigenvalue weighted by Crippen LogP contribution is 2.33. The molecule has 8 heteroatoms. The van der Waals surface area contributed by atoms with Crippen molar-refractivity contribution in [3.63, 3.8) is 0 Å². The molecule has 30 heavy (non-hydrogen) atoms. The van der Waals surface area contributed by atoms with Crippen molar-refractivity contribution in [3.8, 4) is 17.2 Å². The average molecular weight is 551 g/mol. The molecule has 0 saturated carbocycles. The molecule has 0 aliphatic rings. The number of oxazole rings is 1. The van der Waals surface area contributed by atoms with Gasteiger partial charge in [-0.3, -0.25) is 4.79 Å². The van der Waals surface area contributed by atoms with E-state index in [2.05, 4.69) is 42.2 Å². The minimum atomic E-state index is -0.239. The number of nitrogens with zero attached hydrogens (tertiary/aromatic N) is 1. The lowest BCUT2D eigenvalue weighted by molar-refractivity contribution is 0.102. The summed E-state index contributed by atoms with van der Waals surface area (Å²) in [4.78, 5) is 17.2. The maximum atomic E-state index is 12.6. The van der Waals surface area contributed by atoms with Crippen molar-refractivity contribution in [2.75, 3.05) is 11.9 Å². The largest absolute Gasteiger partial charge is 0.493 e. The van der Waals surface area contributed by atoms with Crippen LogP contribution in [-0.2, 0) is 0 Å². The molecule has 0 bridgehead atoms. The molecule has 152 valence electrons. The summed E-state index contributed by atoms with van der Waals surface area (Å²) in [6, 6.07) is 16.0. The molecule has 5 nitrogen and oxygen atoms in total. The molecule has 0 aliphatic heterocycles. The topological polar surface area (TPSA) is 64.4 Å². The lowest BCUT2D eigenvalue weighted by Crippen LogP contribution is -2.12. The van der Waals surface area contributed by atoms with Gasteiger partial charge in [0.1, 0.15) is 11.3 Å². The Labute approximate surface area is 194 Å². The second-order valence-electron chi connectivity index (χ2n) is 6.36. The van der Waals surface area contributed by atoms with Crippen LogP contribution in [0.15, 0.2) is 68.0 Å². The first-order valence-corrected chi connectivity index (χ1v) is 11.0. The number of ether oxygens (including phenoxy) is 1. The van der Waals surface area contributed by atoms with Crippen molar-refractivity contribution in [2.45, 2.75) is 6.92 Å². The lowest BCUT2D eigenvalue weighted by atomic mass is 10.2. The molecule has 0 radical (unpaired) electrons. The number of fused-ring (bicyclic) bond motifs is 1. The minimum absolute atomic E-state index is 0.239. The van der Waals surface area contributed by atoms with Gasteiger partial charge in [0, 0.05) is 15.7 Å². The molecule has 4 aromatic rings. The van der Waals surface area contributed by atoms with E-state index in [-0.39, 0.29) is 5.91 Å². The van der Waals surface area contributed by atoms with E-state index in [0.29, 0.717) is 51.2 Å². The van der Waals surface area contributed by atoms with Gasteiger partial charge in [-0.15, -0.1) is 0 Å². The SMILES string of the molecule is CCOc1ccc(C(=O)Nc2ccc3oc(-c4cc(Br)ccc4Cl)nc3c2)cc1Br. The Balaban J connectivity index is 1.59. The normalized spacial score (nSPS) is 10.9. The molecule has 3 aromatic carbocycles. The molecule has 1 aromatic heterocycles. The summed E-state index contributed by atoms with van der Waals surface area (Å²) in [6.45, 7) is 2.46. The van der Waals surface area contributed by atoms with Gasteiger partial charge >= 0.3 is 0 Å². The molecular weight excluding hydrogens is 536 g/mol. The second kappa shape index (κ2) is 8.79. The van der Waals surface area contributed by atoms with Crippen LogP contribution in [0.1, 0.15) is 17.3 Å². The predicted molar refractivity (Wildman–Crippen MR) is 125 cm³/mol. The zero-order valence-corrected chi connectivity index (χ0v) is 19.6. The van der Waals surface area contributed by atoms with Crippen molar-refractivity contribution in [1.82, 2.24) is 4.98 Å². The fourth-order valence-corrected chi connectivity index (χ4v) is 3.95. The third-order valence-electron chi connectivity index (χ3n) is 4.30. The molecule has 0 aliphatic carbocycles. The van der Waals surface area contributed by atoms with Crippen LogP contribution >= 0.6 is 43.5 Å². The van der Waals surface area contributed by atoms with Crippen LogP contribution in [0.2, 0.25) is 5.02 Å². The number of benzene rings is 3. The van der Waals surface area contributed by atoms with Crippen LogP contribution in [0.3, 0.4) is 0 Å². The standard InChI is InChI=1S/C22H15Br2ClN2O3/c1-2-29-19-7-3-12(9-16(19)24)21(28)26-14-5-8-20-18(11-14)27-22(30-20)15-10-13(23)4-6-17(15)25/h3-11H,2H2,1H3,(H,26,28). The quantitative estimate of drug-likeness (QED) is 0.283. The smallest absolute Gasteiger partial charge is 0.255 e. The predicted octanol–water partition coefficient (Wildman–Crippen LogP) is 7.32.